The molecule has 3 aromatic rings. The number of hydrogen-bond acceptors (Lipinski definition) is 5. The third kappa shape index (κ3) is 4.29. The molecule has 0 bridgehead atoms. The number of carbonyl (C=O) groups excluding carboxylic acids is 2. The summed E-state index contributed by atoms with van der Waals surface area (Å²) in [4.78, 5) is 31.7. The van der Waals surface area contributed by atoms with Crippen molar-refractivity contribution in [2.24, 2.45) is 0 Å². The molecule has 1 aliphatic rings. The third-order valence-electron chi connectivity index (χ3n) is 5.24. The molecule has 162 valence electrons. The Labute approximate surface area is 194 Å². The molecule has 1 fully saturated rings. The van der Waals surface area contributed by atoms with Crippen LogP contribution in [0.1, 0.15) is 29.7 Å². The van der Waals surface area contributed by atoms with E-state index in [1.165, 1.54) is 4.90 Å². The average Bonchev–Trinajstić information content (AvgIpc) is 3.05. The number of benzene rings is 2. The molecule has 0 spiro atoms. The number of carbonyl (C=O) groups is 2. The molecule has 0 unspecified atom stereocenters. The highest BCUT2D eigenvalue weighted by atomic mass is 79.9. The Morgan fingerprint density at radius 2 is 1.81 bits per heavy atom. The first kappa shape index (κ1) is 21.8. The van der Waals surface area contributed by atoms with Crippen LogP contribution in [0.15, 0.2) is 83.1 Å². The number of halogens is 1. The second-order valence-electron chi connectivity index (χ2n) is 7.30. The number of ketones is 1. The predicted molar refractivity (Wildman–Crippen MR) is 124 cm³/mol. The maximum absolute atomic E-state index is 13.1. The minimum Gasteiger partial charge on any atom is -0.507 e. The van der Waals surface area contributed by atoms with E-state index in [0.29, 0.717) is 23.5 Å². The van der Waals surface area contributed by atoms with Crippen molar-refractivity contribution in [2.45, 2.75) is 19.5 Å². The van der Waals surface area contributed by atoms with Crippen LogP contribution in [0.2, 0.25) is 0 Å². The first-order valence-electron chi connectivity index (χ1n) is 10.2. The van der Waals surface area contributed by atoms with Crippen LogP contribution in [0.25, 0.3) is 5.76 Å². The second-order valence-corrected chi connectivity index (χ2v) is 8.21. The highest BCUT2D eigenvalue weighted by molar-refractivity contribution is 9.10. The van der Waals surface area contributed by atoms with Crippen LogP contribution in [0.5, 0.6) is 5.75 Å². The fourth-order valence-corrected chi connectivity index (χ4v) is 4.02. The van der Waals surface area contributed by atoms with Gasteiger partial charge in [-0.3, -0.25) is 14.6 Å². The zero-order valence-corrected chi connectivity index (χ0v) is 19.0. The summed E-state index contributed by atoms with van der Waals surface area (Å²) >= 11 is 3.37. The summed E-state index contributed by atoms with van der Waals surface area (Å²) in [5, 5.41) is 11.1. The van der Waals surface area contributed by atoms with Gasteiger partial charge in [0.05, 0.1) is 18.2 Å². The fourth-order valence-electron chi connectivity index (χ4n) is 3.75. The van der Waals surface area contributed by atoms with Gasteiger partial charge in [0.25, 0.3) is 11.7 Å². The maximum Gasteiger partial charge on any atom is 0.295 e. The summed E-state index contributed by atoms with van der Waals surface area (Å²) in [6.07, 6.45) is 3.30. The molecule has 2 aromatic carbocycles. The molecule has 0 radical (unpaired) electrons. The van der Waals surface area contributed by atoms with Gasteiger partial charge in [-0.1, -0.05) is 46.3 Å². The van der Waals surface area contributed by atoms with Gasteiger partial charge < -0.3 is 14.7 Å². The van der Waals surface area contributed by atoms with E-state index in [-0.39, 0.29) is 17.9 Å². The monoisotopic (exact) mass is 492 g/mol. The van der Waals surface area contributed by atoms with E-state index in [0.717, 1.165) is 10.0 Å². The lowest BCUT2D eigenvalue weighted by molar-refractivity contribution is -0.140. The molecule has 0 saturated carbocycles. The smallest absolute Gasteiger partial charge is 0.295 e. The summed E-state index contributed by atoms with van der Waals surface area (Å²) < 4.78 is 6.36. The lowest BCUT2D eigenvalue weighted by Gasteiger charge is -2.25. The van der Waals surface area contributed by atoms with Gasteiger partial charge in [0.2, 0.25) is 0 Å². The average molecular weight is 493 g/mol. The van der Waals surface area contributed by atoms with E-state index in [2.05, 4.69) is 20.9 Å². The number of ether oxygens (including phenoxy) is 1. The molecular weight excluding hydrogens is 472 g/mol. The first-order chi connectivity index (χ1) is 15.5. The number of aromatic nitrogens is 1. The number of aliphatic hydroxyl groups is 1. The normalized spacial score (nSPS) is 17.6. The van der Waals surface area contributed by atoms with Crippen molar-refractivity contribution in [1.29, 1.82) is 0 Å². The lowest BCUT2D eigenvalue weighted by Crippen LogP contribution is -2.29. The Morgan fingerprint density at radius 1 is 1.09 bits per heavy atom. The number of nitrogens with zero attached hydrogens (tertiary/aromatic N) is 2. The summed E-state index contributed by atoms with van der Waals surface area (Å²) in [5.41, 5.74) is 2.01. The summed E-state index contributed by atoms with van der Waals surface area (Å²) in [6.45, 7) is 2.62. The van der Waals surface area contributed by atoms with Crippen molar-refractivity contribution in [2.75, 3.05) is 6.61 Å². The first-order valence-corrected chi connectivity index (χ1v) is 10.9. The number of pyridine rings is 1. The van der Waals surface area contributed by atoms with Crippen molar-refractivity contribution in [1.82, 2.24) is 9.88 Å². The van der Waals surface area contributed by atoms with Crippen molar-refractivity contribution in [3.8, 4) is 5.75 Å². The van der Waals surface area contributed by atoms with Crippen LogP contribution in [0, 0.1) is 0 Å². The van der Waals surface area contributed by atoms with Crippen LogP contribution in [-0.2, 0) is 16.1 Å². The summed E-state index contributed by atoms with van der Waals surface area (Å²) in [5.74, 6) is -0.892. The van der Waals surface area contributed by atoms with Gasteiger partial charge in [0.1, 0.15) is 11.5 Å². The SMILES string of the molecule is CCOc1ccc([C@H]2/C(=C(\O)c3ccc(Br)cc3)C(=O)C(=O)N2Cc2cccnc2)cc1. The fraction of sp³-hybridized carbons (Fsp3) is 0.160. The molecule has 1 atom stereocenters. The van der Waals surface area contributed by atoms with Gasteiger partial charge in [-0.05, 0) is 48.4 Å². The second kappa shape index (κ2) is 9.36. The van der Waals surface area contributed by atoms with E-state index in [9.17, 15) is 14.7 Å². The van der Waals surface area contributed by atoms with Crippen molar-refractivity contribution in [3.63, 3.8) is 0 Å². The zero-order chi connectivity index (χ0) is 22.7. The number of aliphatic hydroxyl groups excluding tert-OH is 1. The van der Waals surface area contributed by atoms with Gasteiger partial charge in [0.15, 0.2) is 0 Å². The largest absolute Gasteiger partial charge is 0.507 e. The number of hydrogen-bond donors (Lipinski definition) is 1. The number of likely N-dealkylation sites (tertiary alicyclic amines) is 1. The quantitative estimate of drug-likeness (QED) is 0.301. The zero-order valence-electron chi connectivity index (χ0n) is 17.4. The highest BCUT2D eigenvalue weighted by Gasteiger charge is 2.46. The predicted octanol–water partition coefficient (Wildman–Crippen LogP) is 4.86. The van der Waals surface area contributed by atoms with Crippen LogP contribution in [0.3, 0.4) is 0 Å². The molecule has 32 heavy (non-hydrogen) atoms. The minimum absolute atomic E-state index is 0.0605. The molecule has 6 nitrogen and oxygen atoms in total. The Balaban J connectivity index is 1.83. The van der Waals surface area contributed by atoms with Gasteiger partial charge in [0, 0.05) is 29.0 Å². The van der Waals surface area contributed by atoms with Crippen LogP contribution < -0.4 is 4.74 Å². The highest BCUT2D eigenvalue weighted by Crippen LogP contribution is 2.40. The van der Waals surface area contributed by atoms with E-state index in [1.807, 2.05) is 25.1 Å². The molecule has 1 aliphatic heterocycles. The topological polar surface area (TPSA) is 79.7 Å². The van der Waals surface area contributed by atoms with E-state index >= 15 is 0 Å². The Kier molecular flexibility index (Phi) is 6.37. The maximum atomic E-state index is 13.1. The molecular formula is C25H21BrN2O4. The van der Waals surface area contributed by atoms with Gasteiger partial charge in [-0.15, -0.1) is 0 Å². The molecule has 1 amide bonds. The van der Waals surface area contributed by atoms with E-state index in [1.54, 1.807) is 54.9 Å². The standard InChI is InChI=1S/C25H21BrN2O4/c1-2-32-20-11-7-17(8-12-20)22-21(23(29)18-5-9-19(26)10-6-18)24(30)25(31)28(22)15-16-4-3-13-27-14-16/h3-14,22,29H,2,15H2,1H3/b23-21+/t22-/m0/s1. The summed E-state index contributed by atoms with van der Waals surface area (Å²) in [6, 6.07) is 17.0. The minimum atomic E-state index is -0.741. The van der Waals surface area contributed by atoms with Gasteiger partial charge >= 0.3 is 0 Å². The van der Waals surface area contributed by atoms with E-state index in [4.69, 9.17) is 4.74 Å². The van der Waals surface area contributed by atoms with Crippen LogP contribution >= 0.6 is 15.9 Å². The van der Waals surface area contributed by atoms with Crippen molar-refractivity contribution in [3.05, 3.63) is 99.8 Å². The Morgan fingerprint density at radius 3 is 2.44 bits per heavy atom. The Bertz CT molecular complexity index is 1160. The molecule has 1 aromatic heterocycles. The number of rotatable bonds is 6. The molecule has 1 N–H and O–H groups in total. The Hall–Kier alpha value is -3.45. The van der Waals surface area contributed by atoms with Crippen LogP contribution in [0.4, 0.5) is 0 Å². The van der Waals surface area contributed by atoms with Crippen LogP contribution in [-0.4, -0.2) is 33.3 Å². The van der Waals surface area contributed by atoms with E-state index < -0.39 is 17.7 Å². The number of amides is 1. The molecule has 4 rings (SSSR count). The summed E-state index contributed by atoms with van der Waals surface area (Å²) in [7, 11) is 0. The van der Waals surface area contributed by atoms with Gasteiger partial charge in [-0.25, -0.2) is 0 Å². The van der Waals surface area contributed by atoms with Gasteiger partial charge in [-0.2, -0.15) is 0 Å². The molecule has 1 saturated heterocycles. The molecule has 2 heterocycles. The van der Waals surface area contributed by atoms with Crippen molar-refractivity contribution < 1.29 is 19.4 Å². The molecule has 7 heteroatoms. The molecule has 0 aliphatic carbocycles. The third-order valence-corrected chi connectivity index (χ3v) is 5.77. The lowest BCUT2D eigenvalue weighted by atomic mass is 9.95. The van der Waals surface area contributed by atoms with Crippen molar-refractivity contribution >= 4 is 33.4 Å². The number of Topliss-reactive ketones (excluding diaryl/α,β-unsaturated/α-hetero) is 1.